The summed E-state index contributed by atoms with van der Waals surface area (Å²) in [5.41, 5.74) is 0. The first-order valence-corrected chi connectivity index (χ1v) is 4.96. The maximum atomic E-state index is 9.51. The summed E-state index contributed by atoms with van der Waals surface area (Å²) in [5.74, 6) is 0.589. The van der Waals surface area contributed by atoms with Crippen LogP contribution < -0.4 is 4.74 Å². The maximum absolute atomic E-state index is 9.51. The van der Waals surface area contributed by atoms with E-state index in [9.17, 15) is 5.11 Å². The van der Waals surface area contributed by atoms with E-state index in [1.807, 2.05) is 6.07 Å². The Bertz CT molecular complexity index is 462. The van der Waals surface area contributed by atoms with Crippen molar-refractivity contribution in [3.63, 3.8) is 0 Å². The molecule has 0 unspecified atom stereocenters. The Labute approximate surface area is 85.2 Å². The molecule has 0 bridgehead atoms. The van der Waals surface area contributed by atoms with Gasteiger partial charge in [0.2, 0.25) is 0 Å². The second-order valence-electron chi connectivity index (χ2n) is 2.93. The Balaban J connectivity index is 2.64. The van der Waals surface area contributed by atoms with Crippen LogP contribution in [0.2, 0.25) is 0 Å². The highest BCUT2D eigenvalue weighted by Crippen LogP contribution is 2.35. The molecule has 0 amide bonds. The zero-order valence-electron chi connectivity index (χ0n) is 7.65. The molecule has 0 spiro atoms. The van der Waals surface area contributed by atoms with Gasteiger partial charge in [-0.05, 0) is 17.5 Å². The molecule has 0 saturated carbocycles. The molecule has 4 heteroatoms. The van der Waals surface area contributed by atoms with Crippen LogP contribution in [0, 0.1) is 0 Å². The third-order valence-corrected chi connectivity index (χ3v) is 3.11. The molecular formula is C10H10O3S. The van der Waals surface area contributed by atoms with Crippen molar-refractivity contribution in [1.29, 1.82) is 0 Å². The Hall–Kier alpha value is -1.26. The molecule has 2 aromatic rings. The van der Waals surface area contributed by atoms with Gasteiger partial charge < -0.3 is 14.9 Å². The molecule has 0 radical (unpaired) electrons. The van der Waals surface area contributed by atoms with Crippen LogP contribution in [-0.2, 0) is 6.61 Å². The van der Waals surface area contributed by atoms with Gasteiger partial charge in [0, 0.05) is 15.6 Å². The van der Waals surface area contributed by atoms with Crippen LogP contribution in [0.15, 0.2) is 18.2 Å². The van der Waals surface area contributed by atoms with Gasteiger partial charge in [-0.1, -0.05) is 0 Å². The maximum Gasteiger partial charge on any atom is 0.161 e. The summed E-state index contributed by atoms with van der Waals surface area (Å²) in [4.78, 5) is 0.882. The summed E-state index contributed by atoms with van der Waals surface area (Å²) < 4.78 is 5.99. The van der Waals surface area contributed by atoms with E-state index >= 15 is 0 Å². The zero-order chi connectivity index (χ0) is 10.1. The van der Waals surface area contributed by atoms with E-state index in [1.54, 1.807) is 12.1 Å². The van der Waals surface area contributed by atoms with Crippen LogP contribution in [0.5, 0.6) is 11.5 Å². The number of aliphatic hydroxyl groups is 1. The third-order valence-electron chi connectivity index (χ3n) is 2.02. The summed E-state index contributed by atoms with van der Waals surface area (Å²) in [6, 6.07) is 5.28. The first-order chi connectivity index (χ1) is 6.74. The molecule has 1 aromatic heterocycles. The number of phenolic OH excluding ortho intramolecular Hbond substituents is 1. The van der Waals surface area contributed by atoms with Crippen molar-refractivity contribution in [3.8, 4) is 11.5 Å². The molecule has 2 N–H and O–H groups in total. The number of fused-ring (bicyclic) bond motifs is 1. The van der Waals surface area contributed by atoms with Crippen LogP contribution >= 0.6 is 11.3 Å². The number of hydrogen-bond donors (Lipinski definition) is 2. The van der Waals surface area contributed by atoms with Gasteiger partial charge in [0.25, 0.3) is 0 Å². The molecule has 0 aliphatic rings. The van der Waals surface area contributed by atoms with Crippen molar-refractivity contribution in [2.45, 2.75) is 6.61 Å². The molecule has 0 saturated heterocycles. The van der Waals surface area contributed by atoms with Crippen molar-refractivity contribution >= 4 is 21.4 Å². The van der Waals surface area contributed by atoms with Crippen LogP contribution in [0.25, 0.3) is 10.1 Å². The number of aromatic hydroxyl groups is 1. The van der Waals surface area contributed by atoms with Gasteiger partial charge in [-0.2, -0.15) is 0 Å². The summed E-state index contributed by atoms with van der Waals surface area (Å²) in [7, 11) is 1.52. The van der Waals surface area contributed by atoms with Crippen molar-refractivity contribution in [1.82, 2.24) is 0 Å². The van der Waals surface area contributed by atoms with Crippen molar-refractivity contribution in [2.75, 3.05) is 7.11 Å². The largest absolute Gasteiger partial charge is 0.504 e. The quantitative estimate of drug-likeness (QED) is 0.798. The zero-order valence-corrected chi connectivity index (χ0v) is 8.47. The number of benzene rings is 1. The standard InChI is InChI=1S/C10H10O3S/c1-13-9-4-10-6(3-8(9)12)2-7(5-11)14-10/h2-4,11-12H,5H2,1H3. The molecule has 0 atom stereocenters. The number of phenols is 1. The van der Waals surface area contributed by atoms with Gasteiger partial charge in [0.05, 0.1) is 13.7 Å². The average Bonchev–Trinajstić information content (AvgIpc) is 2.58. The number of hydrogen-bond acceptors (Lipinski definition) is 4. The highest BCUT2D eigenvalue weighted by Gasteiger charge is 2.06. The number of ether oxygens (including phenoxy) is 1. The second kappa shape index (κ2) is 3.48. The third kappa shape index (κ3) is 1.42. The van der Waals surface area contributed by atoms with Crippen LogP contribution in [0.1, 0.15) is 4.88 Å². The van der Waals surface area contributed by atoms with Gasteiger partial charge >= 0.3 is 0 Å². The minimum absolute atomic E-state index is 0.0302. The lowest BCUT2D eigenvalue weighted by Crippen LogP contribution is -1.81. The van der Waals surface area contributed by atoms with Gasteiger partial charge in [0.1, 0.15) is 0 Å². The molecule has 0 fully saturated rings. The van der Waals surface area contributed by atoms with E-state index in [0.29, 0.717) is 5.75 Å². The topological polar surface area (TPSA) is 49.7 Å². The average molecular weight is 210 g/mol. The van der Waals surface area contributed by atoms with E-state index in [0.717, 1.165) is 15.0 Å². The molecule has 0 aliphatic carbocycles. The number of aliphatic hydroxyl groups excluding tert-OH is 1. The molecule has 1 heterocycles. The molecule has 74 valence electrons. The monoisotopic (exact) mass is 210 g/mol. The Morgan fingerprint density at radius 2 is 2.14 bits per heavy atom. The first kappa shape index (κ1) is 9.30. The lowest BCUT2D eigenvalue weighted by molar-refractivity contribution is 0.285. The fourth-order valence-electron chi connectivity index (χ4n) is 1.35. The van der Waals surface area contributed by atoms with E-state index in [4.69, 9.17) is 9.84 Å². The van der Waals surface area contributed by atoms with Crippen molar-refractivity contribution in [2.24, 2.45) is 0 Å². The second-order valence-corrected chi connectivity index (χ2v) is 4.10. The normalized spacial score (nSPS) is 10.7. The number of thiophene rings is 1. The highest BCUT2D eigenvalue weighted by molar-refractivity contribution is 7.19. The highest BCUT2D eigenvalue weighted by atomic mass is 32.1. The lowest BCUT2D eigenvalue weighted by atomic mass is 10.2. The fourth-order valence-corrected chi connectivity index (χ4v) is 2.29. The molecular weight excluding hydrogens is 200 g/mol. The number of methoxy groups -OCH3 is 1. The molecule has 3 nitrogen and oxygen atoms in total. The van der Waals surface area contributed by atoms with Gasteiger partial charge in [0.15, 0.2) is 11.5 Å². The van der Waals surface area contributed by atoms with Crippen LogP contribution in [0.4, 0.5) is 0 Å². The SMILES string of the molecule is COc1cc2sc(CO)cc2cc1O. The number of rotatable bonds is 2. The predicted octanol–water partition coefficient (Wildman–Crippen LogP) is 2.11. The first-order valence-electron chi connectivity index (χ1n) is 4.15. The predicted molar refractivity (Wildman–Crippen MR) is 56.0 cm³/mol. The Morgan fingerprint density at radius 1 is 1.36 bits per heavy atom. The summed E-state index contributed by atoms with van der Waals surface area (Å²) in [6.07, 6.45) is 0. The summed E-state index contributed by atoms with van der Waals surface area (Å²) >= 11 is 1.49. The van der Waals surface area contributed by atoms with Gasteiger partial charge in [-0.25, -0.2) is 0 Å². The van der Waals surface area contributed by atoms with E-state index in [-0.39, 0.29) is 12.4 Å². The molecule has 14 heavy (non-hydrogen) atoms. The Morgan fingerprint density at radius 3 is 2.79 bits per heavy atom. The Kier molecular flexibility index (Phi) is 2.31. The lowest BCUT2D eigenvalue weighted by Gasteiger charge is -2.01. The van der Waals surface area contributed by atoms with Crippen molar-refractivity contribution in [3.05, 3.63) is 23.1 Å². The van der Waals surface area contributed by atoms with Crippen LogP contribution in [-0.4, -0.2) is 17.3 Å². The molecule has 2 rings (SSSR count). The fraction of sp³-hybridized carbons (Fsp3) is 0.200. The minimum atomic E-state index is 0.0302. The van der Waals surface area contributed by atoms with Gasteiger partial charge in [-0.15, -0.1) is 11.3 Å². The van der Waals surface area contributed by atoms with Crippen LogP contribution in [0.3, 0.4) is 0 Å². The van der Waals surface area contributed by atoms with E-state index in [2.05, 4.69) is 0 Å². The molecule has 0 aliphatic heterocycles. The van der Waals surface area contributed by atoms with E-state index in [1.165, 1.54) is 18.4 Å². The van der Waals surface area contributed by atoms with E-state index < -0.39 is 0 Å². The summed E-state index contributed by atoms with van der Waals surface area (Å²) in [6.45, 7) is 0.0302. The smallest absolute Gasteiger partial charge is 0.161 e. The van der Waals surface area contributed by atoms with Gasteiger partial charge in [-0.3, -0.25) is 0 Å². The van der Waals surface area contributed by atoms with Crippen molar-refractivity contribution < 1.29 is 14.9 Å². The summed E-state index contributed by atoms with van der Waals surface area (Å²) in [5, 5.41) is 19.4. The minimum Gasteiger partial charge on any atom is -0.504 e. The molecule has 1 aromatic carbocycles.